The van der Waals surface area contributed by atoms with Gasteiger partial charge in [-0.3, -0.25) is 19.4 Å². The average Bonchev–Trinajstić information content (AvgIpc) is 2.47. The van der Waals surface area contributed by atoms with Gasteiger partial charge in [-0.05, 0) is 18.2 Å². The summed E-state index contributed by atoms with van der Waals surface area (Å²) in [6.45, 7) is 0. The van der Waals surface area contributed by atoms with Crippen molar-refractivity contribution in [1.29, 1.82) is 5.26 Å². The molecule has 0 aliphatic rings. The maximum Gasteiger partial charge on any atom is 0.266 e. The molecule has 0 amide bonds. The lowest BCUT2D eigenvalue weighted by Crippen LogP contribution is -2.17. The van der Waals surface area contributed by atoms with Gasteiger partial charge in [-0.2, -0.15) is 5.26 Å². The number of nitrogens with one attached hydrogen (secondary N) is 1. The van der Waals surface area contributed by atoms with E-state index in [2.05, 4.69) is 9.97 Å². The number of hydrogen-bond acceptors (Lipinski definition) is 5. The van der Waals surface area contributed by atoms with E-state index in [1.54, 1.807) is 6.07 Å². The van der Waals surface area contributed by atoms with Crippen LogP contribution in [0.5, 0.6) is 0 Å². The molecule has 2 rings (SSSR count). The lowest BCUT2D eigenvalue weighted by Gasteiger charge is -2.04. The van der Waals surface area contributed by atoms with Crippen LogP contribution >= 0.6 is 0 Å². The molecule has 6 nitrogen and oxygen atoms in total. The number of carbonyl (C=O) groups excluding carboxylic acids is 2. The van der Waals surface area contributed by atoms with Crippen LogP contribution in [0.4, 0.5) is 0 Å². The van der Waals surface area contributed by atoms with Crippen molar-refractivity contribution in [3.63, 3.8) is 0 Å². The van der Waals surface area contributed by atoms with E-state index >= 15 is 0 Å². The van der Waals surface area contributed by atoms with Crippen LogP contribution in [0.1, 0.15) is 32.0 Å². The molecule has 2 heterocycles. The smallest absolute Gasteiger partial charge is 0.266 e. The Bertz CT molecular complexity index is 742. The molecule has 92 valence electrons. The SMILES string of the molecule is N#Cc1cc(C(=O)c2ccncc2)c(C=O)[nH]c1=O. The Kier molecular flexibility index (Phi) is 3.30. The van der Waals surface area contributed by atoms with Gasteiger partial charge in [0.1, 0.15) is 11.6 Å². The lowest BCUT2D eigenvalue weighted by molar-refractivity contribution is 0.102. The van der Waals surface area contributed by atoms with Crippen molar-refractivity contribution in [2.24, 2.45) is 0 Å². The summed E-state index contributed by atoms with van der Waals surface area (Å²) in [6, 6.07) is 5.75. The lowest BCUT2D eigenvalue weighted by atomic mass is 10.0. The Morgan fingerprint density at radius 3 is 2.63 bits per heavy atom. The largest absolute Gasteiger partial charge is 0.318 e. The third-order valence-electron chi connectivity index (χ3n) is 2.50. The van der Waals surface area contributed by atoms with E-state index in [-0.39, 0.29) is 16.8 Å². The minimum atomic E-state index is -0.698. The van der Waals surface area contributed by atoms with Gasteiger partial charge < -0.3 is 4.98 Å². The monoisotopic (exact) mass is 253 g/mol. The van der Waals surface area contributed by atoms with Gasteiger partial charge in [-0.1, -0.05) is 0 Å². The van der Waals surface area contributed by atoms with Crippen LogP contribution in [-0.4, -0.2) is 22.0 Å². The highest BCUT2D eigenvalue weighted by Crippen LogP contribution is 2.11. The molecule has 0 unspecified atom stereocenters. The summed E-state index contributed by atoms with van der Waals surface area (Å²) in [5, 5.41) is 8.78. The number of aromatic amines is 1. The molecule has 0 aliphatic heterocycles. The number of nitriles is 1. The number of ketones is 1. The first-order valence-electron chi connectivity index (χ1n) is 5.24. The summed E-state index contributed by atoms with van der Waals surface area (Å²) in [4.78, 5) is 40.5. The second-order valence-electron chi connectivity index (χ2n) is 3.63. The molecular weight excluding hydrogens is 246 g/mol. The molecule has 0 aliphatic carbocycles. The number of aromatic nitrogens is 2. The molecule has 0 saturated carbocycles. The zero-order valence-electron chi connectivity index (χ0n) is 9.58. The molecule has 0 spiro atoms. The number of nitrogens with zero attached hydrogens (tertiary/aromatic N) is 2. The Morgan fingerprint density at radius 2 is 2.05 bits per heavy atom. The standard InChI is InChI=1S/C13H7N3O3/c14-6-9-5-10(11(7-17)16-13(9)19)12(18)8-1-3-15-4-2-8/h1-5,7H,(H,16,19). The van der Waals surface area contributed by atoms with Gasteiger partial charge in [0.05, 0.1) is 11.3 Å². The van der Waals surface area contributed by atoms with E-state index in [1.807, 2.05) is 0 Å². The summed E-state index contributed by atoms with van der Waals surface area (Å²) >= 11 is 0. The first-order valence-corrected chi connectivity index (χ1v) is 5.24. The second-order valence-corrected chi connectivity index (χ2v) is 3.63. The van der Waals surface area contributed by atoms with Gasteiger partial charge in [0.15, 0.2) is 12.1 Å². The maximum atomic E-state index is 12.2. The Hall–Kier alpha value is -3.07. The molecule has 1 N–H and O–H groups in total. The predicted octanol–water partition coefficient (Wildman–Crippen LogP) is 0.685. The topological polar surface area (TPSA) is 104 Å². The van der Waals surface area contributed by atoms with Gasteiger partial charge in [-0.15, -0.1) is 0 Å². The minimum absolute atomic E-state index is 0.0163. The molecule has 2 aromatic heterocycles. The van der Waals surface area contributed by atoms with Gasteiger partial charge in [0.25, 0.3) is 5.56 Å². The van der Waals surface area contributed by atoms with Crippen LogP contribution in [0.25, 0.3) is 0 Å². The van der Waals surface area contributed by atoms with Gasteiger partial charge in [0.2, 0.25) is 0 Å². The van der Waals surface area contributed by atoms with E-state index < -0.39 is 11.3 Å². The van der Waals surface area contributed by atoms with Crippen LogP contribution in [0.2, 0.25) is 0 Å². The number of pyridine rings is 2. The highest BCUT2D eigenvalue weighted by Gasteiger charge is 2.16. The average molecular weight is 253 g/mol. The van der Waals surface area contributed by atoms with Crippen molar-refractivity contribution < 1.29 is 9.59 Å². The zero-order chi connectivity index (χ0) is 13.8. The van der Waals surface area contributed by atoms with E-state index in [9.17, 15) is 14.4 Å². The zero-order valence-corrected chi connectivity index (χ0v) is 9.58. The van der Waals surface area contributed by atoms with Gasteiger partial charge >= 0.3 is 0 Å². The number of aldehydes is 1. The first-order chi connectivity index (χ1) is 9.17. The quantitative estimate of drug-likeness (QED) is 0.640. The fourth-order valence-corrected chi connectivity index (χ4v) is 1.57. The van der Waals surface area contributed by atoms with Crippen molar-refractivity contribution in [2.45, 2.75) is 0 Å². The Balaban J connectivity index is 2.63. The maximum absolute atomic E-state index is 12.2. The van der Waals surface area contributed by atoms with Crippen molar-refractivity contribution >= 4 is 12.1 Å². The first kappa shape index (κ1) is 12.4. The van der Waals surface area contributed by atoms with Crippen molar-refractivity contribution in [1.82, 2.24) is 9.97 Å². The summed E-state index contributed by atoms with van der Waals surface area (Å²) < 4.78 is 0. The van der Waals surface area contributed by atoms with Crippen LogP contribution in [0, 0.1) is 11.3 Å². The molecule has 2 aromatic rings. The van der Waals surface area contributed by atoms with Gasteiger partial charge in [0, 0.05) is 18.0 Å². The number of carbonyl (C=O) groups is 2. The molecule has 0 atom stereocenters. The fourth-order valence-electron chi connectivity index (χ4n) is 1.57. The third-order valence-corrected chi connectivity index (χ3v) is 2.50. The van der Waals surface area contributed by atoms with E-state index in [1.165, 1.54) is 24.5 Å². The molecule has 0 bridgehead atoms. The molecule has 19 heavy (non-hydrogen) atoms. The molecule has 6 heteroatoms. The van der Waals surface area contributed by atoms with Crippen LogP contribution < -0.4 is 5.56 Å². The van der Waals surface area contributed by atoms with Crippen LogP contribution in [0.15, 0.2) is 35.4 Å². The molecule has 0 radical (unpaired) electrons. The second kappa shape index (κ2) is 5.06. The molecule has 0 saturated heterocycles. The van der Waals surface area contributed by atoms with E-state index in [4.69, 9.17) is 5.26 Å². The van der Waals surface area contributed by atoms with Crippen molar-refractivity contribution in [3.05, 3.63) is 63.3 Å². The number of H-pyrrole nitrogens is 1. The normalized spacial score (nSPS) is 9.63. The predicted molar refractivity (Wildman–Crippen MR) is 64.8 cm³/mol. The van der Waals surface area contributed by atoms with Crippen LogP contribution in [-0.2, 0) is 0 Å². The summed E-state index contributed by atoms with van der Waals surface area (Å²) in [7, 11) is 0. The van der Waals surface area contributed by atoms with E-state index in [0.717, 1.165) is 6.07 Å². The number of hydrogen-bond donors (Lipinski definition) is 1. The molecule has 0 aromatic carbocycles. The number of rotatable bonds is 3. The summed E-state index contributed by atoms with van der Waals surface area (Å²) in [5.74, 6) is -0.461. The Labute approximate surface area is 107 Å². The minimum Gasteiger partial charge on any atom is -0.318 e. The Morgan fingerprint density at radius 1 is 1.37 bits per heavy atom. The van der Waals surface area contributed by atoms with Crippen molar-refractivity contribution in [2.75, 3.05) is 0 Å². The molecular formula is C13H7N3O3. The molecule has 0 fully saturated rings. The summed E-state index contributed by atoms with van der Waals surface area (Å²) in [6.07, 6.45) is 3.24. The fraction of sp³-hybridized carbons (Fsp3) is 0. The highest BCUT2D eigenvalue weighted by molar-refractivity contribution is 6.12. The summed E-state index contributed by atoms with van der Waals surface area (Å²) in [5.41, 5.74) is -0.768. The van der Waals surface area contributed by atoms with E-state index in [0.29, 0.717) is 11.8 Å². The van der Waals surface area contributed by atoms with Gasteiger partial charge in [-0.25, -0.2) is 0 Å². The van der Waals surface area contributed by atoms with Crippen molar-refractivity contribution in [3.8, 4) is 6.07 Å². The highest BCUT2D eigenvalue weighted by atomic mass is 16.1. The van der Waals surface area contributed by atoms with Crippen LogP contribution in [0.3, 0.4) is 0 Å². The third kappa shape index (κ3) is 2.30.